The van der Waals surface area contributed by atoms with Gasteiger partial charge in [0.15, 0.2) is 0 Å². The topological polar surface area (TPSA) is 44.5 Å². The molecule has 0 aliphatic rings. The van der Waals surface area contributed by atoms with Crippen LogP contribution >= 0.6 is 33.3 Å². The van der Waals surface area contributed by atoms with Gasteiger partial charge < -0.3 is 9.05 Å². The van der Waals surface area contributed by atoms with Gasteiger partial charge in [0.2, 0.25) is 0 Å². The molecule has 0 heterocycles. The highest BCUT2D eigenvalue weighted by molar-refractivity contribution is 7.44. The third-order valence-corrected chi connectivity index (χ3v) is 1.89. The average molecular weight is 238 g/mol. The second-order valence-corrected chi connectivity index (χ2v) is 3.59. The minimum Gasteiger partial charge on any atom is -0.319 e. The van der Waals surface area contributed by atoms with Crippen LogP contribution < -0.4 is 5.50 Å². The van der Waals surface area contributed by atoms with E-state index in [2.05, 4.69) is 0 Å². The van der Waals surface area contributed by atoms with Crippen LogP contribution in [0.3, 0.4) is 0 Å². The highest BCUT2D eigenvalue weighted by Gasteiger charge is 2.07. The Morgan fingerprint density at radius 3 is 1.33 bits per heavy atom. The van der Waals surface area contributed by atoms with E-state index >= 15 is 0 Å². The van der Waals surface area contributed by atoms with E-state index in [-0.39, 0.29) is 37.0 Å². The van der Waals surface area contributed by atoms with Crippen molar-refractivity contribution in [2.24, 2.45) is 5.50 Å². The zero-order chi connectivity index (χ0) is 8.15. The number of rotatable bonds is 4. The van der Waals surface area contributed by atoms with Crippen molar-refractivity contribution >= 4 is 33.3 Å². The molecule has 0 aliphatic carbocycles. The maximum atomic E-state index is 5.50. The van der Waals surface area contributed by atoms with Crippen LogP contribution in [0, 0.1) is 0 Å². The Morgan fingerprint density at radius 2 is 1.17 bits per heavy atom. The third-order valence-electron chi connectivity index (χ3n) is 0.629. The predicted molar refractivity (Wildman–Crippen MR) is 58.0 cm³/mol. The molecule has 0 bridgehead atoms. The molecule has 0 saturated carbocycles. The summed E-state index contributed by atoms with van der Waals surface area (Å²) in [7, 11) is -1.16. The van der Waals surface area contributed by atoms with E-state index in [9.17, 15) is 0 Å². The molecule has 0 rings (SSSR count). The Balaban J connectivity index is -0.000000405. The normalized spacial score (nSPS) is 10.0. The maximum Gasteiger partial charge on any atom is 0.253 e. The Kier molecular flexibility index (Phi) is 15.5. The summed E-state index contributed by atoms with van der Waals surface area (Å²) < 4.78 is 10.4. The first-order valence-electron chi connectivity index (χ1n) is 3.40. The maximum absolute atomic E-state index is 5.50. The lowest BCUT2D eigenvalue weighted by molar-refractivity contribution is 0.177. The average Bonchev–Trinajstić information content (AvgIpc) is 1.58. The zero-order valence-corrected chi connectivity index (χ0v) is 10.3. The second-order valence-electron chi connectivity index (χ2n) is 2.59. The molecule has 0 aromatic rings. The molecule has 0 aromatic carbocycles. The number of hydrogen-bond acceptors (Lipinski definition) is 3. The van der Waals surface area contributed by atoms with Crippen molar-refractivity contribution < 1.29 is 9.05 Å². The van der Waals surface area contributed by atoms with Crippen LogP contribution in [0.2, 0.25) is 0 Å². The molecule has 6 heteroatoms. The molecule has 0 fully saturated rings. The Bertz CT molecular complexity index is 85.6. The van der Waals surface area contributed by atoms with Gasteiger partial charge in [-0.2, -0.15) is 0 Å². The molecule has 0 radical (unpaired) electrons. The molecule has 3 nitrogen and oxygen atoms in total. The molecule has 12 heavy (non-hydrogen) atoms. The highest BCUT2D eigenvalue weighted by Crippen LogP contribution is 2.31. The van der Waals surface area contributed by atoms with E-state index in [1.165, 1.54) is 0 Å². The lowest BCUT2D eigenvalue weighted by Crippen LogP contribution is -2.08. The predicted octanol–water partition coefficient (Wildman–Crippen LogP) is 2.87. The SMILES string of the molecule is CC(C)OP(N)OC(C)C.Cl.Cl. The summed E-state index contributed by atoms with van der Waals surface area (Å²) >= 11 is 0. The van der Waals surface area contributed by atoms with Gasteiger partial charge in [-0.1, -0.05) is 0 Å². The van der Waals surface area contributed by atoms with E-state index in [0.717, 1.165) is 0 Å². The molecule has 0 spiro atoms. The molecule has 0 atom stereocenters. The van der Waals surface area contributed by atoms with Crippen molar-refractivity contribution in [2.45, 2.75) is 39.9 Å². The Hall–Kier alpha value is 0.890. The number of halogens is 2. The van der Waals surface area contributed by atoms with E-state index in [1.54, 1.807) is 0 Å². The molecule has 0 unspecified atom stereocenters. The monoisotopic (exact) mass is 237 g/mol. The first kappa shape index (κ1) is 18.6. The van der Waals surface area contributed by atoms with Gasteiger partial charge in [-0.15, -0.1) is 24.8 Å². The lowest BCUT2D eigenvalue weighted by Gasteiger charge is -2.16. The molecule has 2 N–H and O–H groups in total. The van der Waals surface area contributed by atoms with Crippen LogP contribution in [-0.4, -0.2) is 12.2 Å². The first-order chi connectivity index (χ1) is 4.52. The molecule has 0 aliphatic heterocycles. The van der Waals surface area contributed by atoms with Crippen LogP contribution in [0.1, 0.15) is 27.7 Å². The van der Waals surface area contributed by atoms with E-state index in [1.807, 2.05) is 27.7 Å². The minimum absolute atomic E-state index is 0. The lowest BCUT2D eigenvalue weighted by atomic mass is 10.5. The molecule has 78 valence electrons. The second kappa shape index (κ2) is 9.97. The van der Waals surface area contributed by atoms with Gasteiger partial charge in [-0.05, 0) is 27.7 Å². The first-order valence-corrected chi connectivity index (χ1v) is 4.65. The summed E-state index contributed by atoms with van der Waals surface area (Å²) in [6.45, 7) is 7.75. The third kappa shape index (κ3) is 13.5. The van der Waals surface area contributed by atoms with Crippen molar-refractivity contribution in [3.8, 4) is 0 Å². The highest BCUT2D eigenvalue weighted by atomic mass is 35.5. The fourth-order valence-corrected chi connectivity index (χ4v) is 1.32. The summed E-state index contributed by atoms with van der Waals surface area (Å²) in [5, 5.41) is 0. The number of hydrogen-bond donors (Lipinski definition) is 1. The molecule has 0 saturated heterocycles. The van der Waals surface area contributed by atoms with Crippen LogP contribution in [0.25, 0.3) is 0 Å². The van der Waals surface area contributed by atoms with Gasteiger partial charge in [0.05, 0.1) is 12.2 Å². The Labute approximate surface area is 88.2 Å². The van der Waals surface area contributed by atoms with Crippen molar-refractivity contribution in [3.63, 3.8) is 0 Å². The van der Waals surface area contributed by atoms with E-state index in [4.69, 9.17) is 14.6 Å². The van der Waals surface area contributed by atoms with Crippen molar-refractivity contribution in [2.75, 3.05) is 0 Å². The van der Waals surface area contributed by atoms with Crippen LogP contribution in [0.4, 0.5) is 0 Å². The minimum atomic E-state index is -1.16. The quantitative estimate of drug-likeness (QED) is 0.766. The van der Waals surface area contributed by atoms with Gasteiger partial charge >= 0.3 is 0 Å². The van der Waals surface area contributed by atoms with Gasteiger partial charge in [-0.25, -0.2) is 0 Å². The van der Waals surface area contributed by atoms with Crippen LogP contribution in [0.5, 0.6) is 0 Å². The largest absolute Gasteiger partial charge is 0.319 e. The van der Waals surface area contributed by atoms with E-state index in [0.29, 0.717) is 0 Å². The number of nitrogens with two attached hydrogens (primary N) is 1. The van der Waals surface area contributed by atoms with Gasteiger partial charge in [0.1, 0.15) is 0 Å². The van der Waals surface area contributed by atoms with Crippen molar-refractivity contribution in [1.82, 2.24) is 0 Å². The summed E-state index contributed by atoms with van der Waals surface area (Å²) in [5.74, 6) is 0. The summed E-state index contributed by atoms with van der Waals surface area (Å²) in [5.41, 5.74) is 5.50. The Morgan fingerprint density at radius 1 is 0.917 bits per heavy atom. The summed E-state index contributed by atoms with van der Waals surface area (Å²) in [6.07, 6.45) is 0.296. The summed E-state index contributed by atoms with van der Waals surface area (Å²) in [6, 6.07) is 0. The summed E-state index contributed by atoms with van der Waals surface area (Å²) in [4.78, 5) is 0. The molecular weight excluding hydrogens is 220 g/mol. The smallest absolute Gasteiger partial charge is 0.253 e. The van der Waals surface area contributed by atoms with Crippen LogP contribution in [-0.2, 0) is 9.05 Å². The molecule has 0 amide bonds. The van der Waals surface area contributed by atoms with Gasteiger partial charge in [0.25, 0.3) is 8.53 Å². The molecule has 0 aromatic heterocycles. The van der Waals surface area contributed by atoms with Crippen molar-refractivity contribution in [1.29, 1.82) is 0 Å². The standard InChI is InChI=1S/C6H16NO2P.2ClH/c1-5(2)8-10(7)9-6(3)4;;/h5-6H,7H2,1-4H3;2*1H. The zero-order valence-electron chi connectivity index (χ0n) is 7.81. The van der Waals surface area contributed by atoms with Gasteiger partial charge in [0, 0.05) is 0 Å². The van der Waals surface area contributed by atoms with Crippen molar-refractivity contribution in [3.05, 3.63) is 0 Å². The fourth-order valence-electron chi connectivity index (χ4n) is 0.440. The van der Waals surface area contributed by atoms with Crippen LogP contribution in [0.15, 0.2) is 0 Å². The van der Waals surface area contributed by atoms with E-state index < -0.39 is 8.53 Å². The van der Waals surface area contributed by atoms with Gasteiger partial charge in [-0.3, -0.25) is 5.50 Å². The molecular formula is C6H18Cl2NO2P. The fraction of sp³-hybridized carbons (Fsp3) is 1.00.